The average molecular weight is 225 g/mol. The molecule has 0 atom stereocenters. The molecule has 1 amide bonds. The summed E-state index contributed by atoms with van der Waals surface area (Å²) in [6, 6.07) is 3.10. The zero-order valence-corrected chi connectivity index (χ0v) is 8.97. The summed E-state index contributed by atoms with van der Waals surface area (Å²) < 4.78 is 0. The largest absolute Gasteiger partial charge is 0.394 e. The number of primary amides is 1. The lowest BCUT2D eigenvalue weighted by Crippen LogP contribution is -2.43. The van der Waals surface area contributed by atoms with E-state index in [0.717, 1.165) is 0 Å². The summed E-state index contributed by atoms with van der Waals surface area (Å²) in [6.07, 6.45) is 1.49. The minimum Gasteiger partial charge on any atom is -0.394 e. The van der Waals surface area contributed by atoms with Crippen molar-refractivity contribution in [3.05, 3.63) is 23.9 Å². The summed E-state index contributed by atoms with van der Waals surface area (Å²) in [6.45, 7) is 1.02. The van der Waals surface area contributed by atoms with Crippen LogP contribution >= 0.6 is 0 Å². The van der Waals surface area contributed by atoms with Gasteiger partial charge in [0.05, 0.1) is 24.3 Å². The molecule has 1 heterocycles. The van der Waals surface area contributed by atoms with Crippen molar-refractivity contribution in [1.82, 2.24) is 4.98 Å². The molecule has 1 rings (SSSR count). The first kappa shape index (κ1) is 12.4. The number of rotatable bonds is 5. The number of hydrogen-bond acceptors (Lipinski definition) is 5. The molecule has 0 aliphatic carbocycles. The minimum absolute atomic E-state index is 0.218. The molecule has 0 aliphatic rings. The van der Waals surface area contributed by atoms with Crippen LogP contribution in [0.3, 0.4) is 0 Å². The van der Waals surface area contributed by atoms with Crippen LogP contribution in [0.1, 0.15) is 17.3 Å². The highest BCUT2D eigenvalue weighted by Crippen LogP contribution is 2.16. The van der Waals surface area contributed by atoms with E-state index in [-0.39, 0.29) is 24.6 Å². The molecular formula is C10H15N3O3. The fourth-order valence-electron chi connectivity index (χ4n) is 1.12. The van der Waals surface area contributed by atoms with Gasteiger partial charge >= 0.3 is 0 Å². The van der Waals surface area contributed by atoms with E-state index in [1.807, 2.05) is 0 Å². The van der Waals surface area contributed by atoms with Gasteiger partial charge in [0, 0.05) is 6.20 Å². The molecule has 16 heavy (non-hydrogen) atoms. The Morgan fingerprint density at radius 3 is 2.69 bits per heavy atom. The van der Waals surface area contributed by atoms with Crippen molar-refractivity contribution in [3.8, 4) is 0 Å². The maximum Gasteiger partial charge on any atom is 0.252 e. The van der Waals surface area contributed by atoms with Crippen LogP contribution in [0.25, 0.3) is 0 Å². The number of nitrogens with two attached hydrogens (primary N) is 1. The van der Waals surface area contributed by atoms with E-state index in [0.29, 0.717) is 0 Å². The highest BCUT2D eigenvalue weighted by atomic mass is 16.3. The Bertz CT molecular complexity index is 377. The summed E-state index contributed by atoms with van der Waals surface area (Å²) >= 11 is 0. The molecule has 1 aromatic heterocycles. The van der Waals surface area contributed by atoms with E-state index < -0.39 is 11.4 Å². The molecule has 88 valence electrons. The third-order valence-corrected chi connectivity index (χ3v) is 2.19. The number of carbonyl (C=O) groups excluding carboxylic acids is 1. The maximum absolute atomic E-state index is 11.1. The van der Waals surface area contributed by atoms with Crippen LogP contribution in [0, 0.1) is 0 Å². The van der Waals surface area contributed by atoms with Crippen molar-refractivity contribution in [2.24, 2.45) is 5.73 Å². The van der Waals surface area contributed by atoms with Gasteiger partial charge in [-0.25, -0.2) is 4.98 Å². The number of aliphatic hydroxyl groups is 2. The Kier molecular flexibility index (Phi) is 3.81. The van der Waals surface area contributed by atoms with Gasteiger partial charge in [-0.15, -0.1) is 0 Å². The van der Waals surface area contributed by atoms with Crippen LogP contribution in [0.15, 0.2) is 18.3 Å². The molecule has 5 N–H and O–H groups in total. The molecule has 0 aromatic carbocycles. The second-order valence-electron chi connectivity index (χ2n) is 3.77. The maximum atomic E-state index is 11.1. The van der Waals surface area contributed by atoms with Gasteiger partial charge in [-0.3, -0.25) is 4.79 Å². The lowest BCUT2D eigenvalue weighted by Gasteiger charge is -2.27. The van der Waals surface area contributed by atoms with Crippen LogP contribution in [0.5, 0.6) is 0 Å². The Morgan fingerprint density at radius 2 is 2.19 bits per heavy atom. The van der Waals surface area contributed by atoms with E-state index in [2.05, 4.69) is 10.3 Å². The van der Waals surface area contributed by atoms with Gasteiger partial charge in [0.1, 0.15) is 5.82 Å². The summed E-state index contributed by atoms with van der Waals surface area (Å²) in [7, 11) is 0. The van der Waals surface area contributed by atoms with Gasteiger partial charge in [-0.05, 0) is 19.1 Å². The van der Waals surface area contributed by atoms with E-state index in [9.17, 15) is 4.79 Å². The Balaban J connectivity index is 3.01. The molecule has 6 heteroatoms. The zero-order chi connectivity index (χ0) is 12.2. The molecule has 0 spiro atoms. The Labute approximate surface area is 93.1 Å². The van der Waals surface area contributed by atoms with Crippen LogP contribution in [-0.2, 0) is 0 Å². The molecule has 0 fully saturated rings. The molecule has 6 nitrogen and oxygen atoms in total. The lowest BCUT2D eigenvalue weighted by molar-refractivity contribution is 0.0999. The number of hydrogen-bond donors (Lipinski definition) is 4. The zero-order valence-electron chi connectivity index (χ0n) is 8.97. The van der Waals surface area contributed by atoms with Gasteiger partial charge in [-0.1, -0.05) is 0 Å². The van der Waals surface area contributed by atoms with Crippen LogP contribution in [0.4, 0.5) is 5.82 Å². The van der Waals surface area contributed by atoms with Crippen molar-refractivity contribution >= 4 is 11.7 Å². The SMILES string of the molecule is CC(CO)(CO)Nc1ncccc1C(N)=O. The first-order chi connectivity index (χ1) is 7.52. The quantitative estimate of drug-likeness (QED) is 0.531. The van der Waals surface area contributed by atoms with Crippen LogP contribution in [0.2, 0.25) is 0 Å². The van der Waals surface area contributed by atoms with E-state index in [1.165, 1.54) is 12.3 Å². The van der Waals surface area contributed by atoms with Crippen LogP contribution in [-0.4, -0.2) is 39.9 Å². The predicted octanol–water partition coefficient (Wildman–Crippen LogP) is -0.664. The van der Waals surface area contributed by atoms with Crippen molar-refractivity contribution in [2.75, 3.05) is 18.5 Å². The van der Waals surface area contributed by atoms with Crippen molar-refractivity contribution in [1.29, 1.82) is 0 Å². The fourth-order valence-corrected chi connectivity index (χ4v) is 1.12. The number of aromatic nitrogens is 1. The highest BCUT2D eigenvalue weighted by Gasteiger charge is 2.24. The molecule has 0 bridgehead atoms. The average Bonchev–Trinajstić information content (AvgIpc) is 2.29. The number of anilines is 1. The number of amides is 1. The molecule has 0 unspecified atom stereocenters. The van der Waals surface area contributed by atoms with Gasteiger partial charge in [0.25, 0.3) is 5.91 Å². The van der Waals surface area contributed by atoms with Crippen molar-refractivity contribution in [2.45, 2.75) is 12.5 Å². The van der Waals surface area contributed by atoms with Gasteiger partial charge in [0.15, 0.2) is 0 Å². The van der Waals surface area contributed by atoms with Crippen molar-refractivity contribution < 1.29 is 15.0 Å². The third-order valence-electron chi connectivity index (χ3n) is 2.19. The van der Waals surface area contributed by atoms with Crippen LogP contribution < -0.4 is 11.1 Å². The first-order valence-corrected chi connectivity index (χ1v) is 4.77. The molecule has 0 saturated carbocycles. The number of nitrogens with zero attached hydrogens (tertiary/aromatic N) is 1. The summed E-state index contributed by atoms with van der Waals surface area (Å²) in [5, 5.41) is 21.0. The van der Waals surface area contributed by atoms with Gasteiger partial charge < -0.3 is 21.3 Å². The molecular weight excluding hydrogens is 210 g/mol. The Morgan fingerprint density at radius 1 is 1.56 bits per heavy atom. The number of aliphatic hydroxyl groups excluding tert-OH is 2. The van der Waals surface area contributed by atoms with Gasteiger partial charge in [0.2, 0.25) is 0 Å². The molecule has 0 radical (unpaired) electrons. The number of carbonyl (C=O) groups is 1. The monoisotopic (exact) mass is 225 g/mol. The standard InChI is InChI=1S/C10H15N3O3/c1-10(5-14,6-15)13-9-7(8(11)16)3-2-4-12-9/h2-4,14-15H,5-6H2,1H3,(H2,11,16)(H,12,13). The predicted molar refractivity (Wildman–Crippen MR) is 59.0 cm³/mol. The minimum atomic E-state index is -0.946. The van der Waals surface area contributed by atoms with E-state index >= 15 is 0 Å². The van der Waals surface area contributed by atoms with Crippen molar-refractivity contribution in [3.63, 3.8) is 0 Å². The first-order valence-electron chi connectivity index (χ1n) is 4.77. The number of nitrogens with one attached hydrogen (secondary N) is 1. The summed E-state index contributed by atoms with van der Waals surface area (Å²) in [5.74, 6) is -0.366. The smallest absolute Gasteiger partial charge is 0.252 e. The molecule has 0 saturated heterocycles. The summed E-state index contributed by atoms with van der Waals surface area (Å²) in [5.41, 5.74) is 4.44. The normalized spacial score (nSPS) is 11.2. The van der Waals surface area contributed by atoms with E-state index in [1.54, 1.807) is 13.0 Å². The third kappa shape index (κ3) is 2.68. The number of pyridine rings is 1. The highest BCUT2D eigenvalue weighted by molar-refractivity contribution is 5.97. The second-order valence-corrected chi connectivity index (χ2v) is 3.77. The Hall–Kier alpha value is -1.66. The molecule has 0 aliphatic heterocycles. The second kappa shape index (κ2) is 4.91. The van der Waals surface area contributed by atoms with E-state index in [4.69, 9.17) is 15.9 Å². The lowest BCUT2D eigenvalue weighted by atomic mass is 10.1. The molecule has 1 aromatic rings. The topological polar surface area (TPSA) is 108 Å². The van der Waals surface area contributed by atoms with Gasteiger partial charge in [-0.2, -0.15) is 0 Å². The summed E-state index contributed by atoms with van der Waals surface area (Å²) in [4.78, 5) is 15.0. The fraction of sp³-hybridized carbons (Fsp3) is 0.400.